The number of nitrogens with one attached hydrogen (secondary N) is 1. The molecule has 1 fully saturated rings. The fourth-order valence-corrected chi connectivity index (χ4v) is 1.86. The van der Waals surface area contributed by atoms with Crippen molar-refractivity contribution in [3.8, 4) is 0 Å². The molecule has 1 unspecified atom stereocenters. The van der Waals surface area contributed by atoms with E-state index >= 15 is 0 Å². The van der Waals surface area contributed by atoms with Gasteiger partial charge in [0.15, 0.2) is 0 Å². The maximum Gasteiger partial charge on any atom is 0.229 e. The predicted molar refractivity (Wildman–Crippen MR) is 63.5 cm³/mol. The lowest BCUT2D eigenvalue weighted by molar-refractivity contribution is -0.119. The summed E-state index contributed by atoms with van der Waals surface area (Å²) in [4.78, 5) is 11.9. The van der Waals surface area contributed by atoms with Gasteiger partial charge in [0, 0.05) is 12.3 Å². The van der Waals surface area contributed by atoms with Crippen LogP contribution in [0.3, 0.4) is 0 Å². The first kappa shape index (κ1) is 11.1. The summed E-state index contributed by atoms with van der Waals surface area (Å²) < 4.78 is 5.21. The summed E-state index contributed by atoms with van der Waals surface area (Å²) in [5, 5.41) is 2.97. The average molecular weight is 219 g/mol. The monoisotopic (exact) mass is 219 g/mol. The molecule has 0 saturated carbocycles. The Morgan fingerprint density at radius 3 is 2.94 bits per heavy atom. The Labute approximate surface area is 95.8 Å². The zero-order valence-electron chi connectivity index (χ0n) is 9.75. The Morgan fingerprint density at radius 1 is 1.44 bits per heavy atom. The summed E-state index contributed by atoms with van der Waals surface area (Å²) in [5.41, 5.74) is 3.24. The van der Waals surface area contributed by atoms with Gasteiger partial charge in [-0.2, -0.15) is 0 Å². The van der Waals surface area contributed by atoms with Crippen LogP contribution in [0.4, 0.5) is 5.69 Å². The smallest absolute Gasteiger partial charge is 0.229 e. The van der Waals surface area contributed by atoms with Crippen molar-refractivity contribution in [2.45, 2.75) is 20.3 Å². The van der Waals surface area contributed by atoms with Crippen LogP contribution in [-0.4, -0.2) is 19.1 Å². The molecule has 0 aliphatic carbocycles. The molecule has 0 radical (unpaired) electrons. The molecular weight excluding hydrogens is 202 g/mol. The van der Waals surface area contributed by atoms with Crippen molar-refractivity contribution < 1.29 is 9.53 Å². The molecule has 1 N–H and O–H groups in total. The Bertz CT molecular complexity index is 395. The number of hydrogen-bond acceptors (Lipinski definition) is 2. The van der Waals surface area contributed by atoms with Crippen molar-refractivity contribution in [3.63, 3.8) is 0 Å². The molecule has 1 aromatic rings. The van der Waals surface area contributed by atoms with E-state index in [0.717, 1.165) is 17.7 Å². The fourth-order valence-electron chi connectivity index (χ4n) is 1.86. The second-order valence-corrected chi connectivity index (χ2v) is 4.30. The maximum absolute atomic E-state index is 11.9. The third kappa shape index (κ3) is 2.25. The molecule has 0 bridgehead atoms. The van der Waals surface area contributed by atoms with Gasteiger partial charge < -0.3 is 10.1 Å². The van der Waals surface area contributed by atoms with Crippen LogP contribution >= 0.6 is 0 Å². The zero-order chi connectivity index (χ0) is 11.5. The Balaban J connectivity index is 2.08. The summed E-state index contributed by atoms with van der Waals surface area (Å²) in [5.74, 6) is 0.0890. The SMILES string of the molecule is Cc1cccc(NC(=O)C2CCOC2)c1C. The Kier molecular flexibility index (Phi) is 3.25. The van der Waals surface area contributed by atoms with Gasteiger partial charge in [0.05, 0.1) is 12.5 Å². The summed E-state index contributed by atoms with van der Waals surface area (Å²) >= 11 is 0. The first-order chi connectivity index (χ1) is 7.68. The highest BCUT2D eigenvalue weighted by Crippen LogP contribution is 2.20. The van der Waals surface area contributed by atoms with Crippen LogP contribution in [0.2, 0.25) is 0 Å². The van der Waals surface area contributed by atoms with Crippen molar-refractivity contribution >= 4 is 11.6 Å². The van der Waals surface area contributed by atoms with Gasteiger partial charge in [0.1, 0.15) is 0 Å². The normalized spacial score (nSPS) is 19.8. The molecule has 2 rings (SSSR count). The molecular formula is C13H17NO2. The zero-order valence-corrected chi connectivity index (χ0v) is 9.75. The maximum atomic E-state index is 11.9. The number of carbonyl (C=O) groups excluding carboxylic acids is 1. The number of rotatable bonds is 2. The van der Waals surface area contributed by atoms with E-state index in [1.807, 2.05) is 32.0 Å². The highest BCUT2D eigenvalue weighted by Gasteiger charge is 2.23. The van der Waals surface area contributed by atoms with Crippen molar-refractivity contribution in [1.29, 1.82) is 0 Å². The number of amides is 1. The lowest BCUT2D eigenvalue weighted by Crippen LogP contribution is -2.23. The van der Waals surface area contributed by atoms with Crippen LogP contribution in [0.5, 0.6) is 0 Å². The molecule has 1 aromatic carbocycles. The minimum absolute atomic E-state index is 0.0138. The largest absolute Gasteiger partial charge is 0.381 e. The number of hydrogen-bond donors (Lipinski definition) is 1. The molecule has 86 valence electrons. The van der Waals surface area contributed by atoms with Crippen molar-refractivity contribution in [2.75, 3.05) is 18.5 Å². The van der Waals surface area contributed by atoms with E-state index in [9.17, 15) is 4.79 Å². The lowest BCUT2D eigenvalue weighted by Gasteiger charge is -2.12. The molecule has 3 heteroatoms. The van der Waals surface area contributed by atoms with Gasteiger partial charge in [0.25, 0.3) is 0 Å². The first-order valence-electron chi connectivity index (χ1n) is 5.63. The quantitative estimate of drug-likeness (QED) is 0.828. The fraction of sp³-hybridized carbons (Fsp3) is 0.462. The average Bonchev–Trinajstić information content (AvgIpc) is 2.78. The molecule has 1 aliphatic rings. The van der Waals surface area contributed by atoms with Crippen molar-refractivity contribution in [2.24, 2.45) is 5.92 Å². The topological polar surface area (TPSA) is 38.3 Å². The van der Waals surface area contributed by atoms with Crippen LogP contribution < -0.4 is 5.32 Å². The van der Waals surface area contributed by atoms with E-state index in [1.54, 1.807) is 0 Å². The minimum atomic E-state index is 0.0138. The molecule has 1 aliphatic heterocycles. The van der Waals surface area contributed by atoms with Gasteiger partial charge in [-0.3, -0.25) is 4.79 Å². The summed E-state index contributed by atoms with van der Waals surface area (Å²) in [6, 6.07) is 5.95. The summed E-state index contributed by atoms with van der Waals surface area (Å²) in [6.45, 7) is 5.32. The number of anilines is 1. The van der Waals surface area contributed by atoms with E-state index in [0.29, 0.717) is 13.2 Å². The summed E-state index contributed by atoms with van der Waals surface area (Å²) in [6.07, 6.45) is 0.830. The number of benzene rings is 1. The minimum Gasteiger partial charge on any atom is -0.381 e. The van der Waals surface area contributed by atoms with E-state index < -0.39 is 0 Å². The number of carbonyl (C=O) groups is 1. The molecule has 3 nitrogen and oxygen atoms in total. The van der Waals surface area contributed by atoms with E-state index in [4.69, 9.17) is 4.74 Å². The molecule has 1 amide bonds. The molecule has 1 atom stereocenters. The lowest BCUT2D eigenvalue weighted by atomic mass is 10.1. The van der Waals surface area contributed by atoms with Crippen LogP contribution in [0, 0.1) is 19.8 Å². The summed E-state index contributed by atoms with van der Waals surface area (Å²) in [7, 11) is 0. The first-order valence-corrected chi connectivity index (χ1v) is 5.63. The van der Waals surface area contributed by atoms with E-state index in [2.05, 4.69) is 5.32 Å². The predicted octanol–water partition coefficient (Wildman–Crippen LogP) is 2.28. The van der Waals surface area contributed by atoms with Gasteiger partial charge in [-0.15, -0.1) is 0 Å². The van der Waals surface area contributed by atoms with Crippen LogP contribution in [0.1, 0.15) is 17.5 Å². The standard InChI is InChI=1S/C13H17NO2/c1-9-4-3-5-12(10(9)2)14-13(15)11-6-7-16-8-11/h3-5,11H,6-8H2,1-2H3,(H,14,15). The Hall–Kier alpha value is -1.35. The van der Waals surface area contributed by atoms with E-state index in [-0.39, 0.29) is 11.8 Å². The second-order valence-electron chi connectivity index (χ2n) is 4.30. The van der Waals surface area contributed by atoms with Crippen molar-refractivity contribution in [1.82, 2.24) is 0 Å². The number of aryl methyl sites for hydroxylation is 1. The second kappa shape index (κ2) is 4.66. The molecule has 1 heterocycles. The number of ether oxygens (including phenoxy) is 1. The highest BCUT2D eigenvalue weighted by molar-refractivity contribution is 5.93. The molecule has 16 heavy (non-hydrogen) atoms. The van der Waals surface area contributed by atoms with Gasteiger partial charge in [-0.1, -0.05) is 12.1 Å². The Morgan fingerprint density at radius 2 is 2.25 bits per heavy atom. The van der Waals surface area contributed by atoms with Crippen LogP contribution in [0.25, 0.3) is 0 Å². The molecule has 0 spiro atoms. The van der Waals surface area contributed by atoms with Gasteiger partial charge in [-0.25, -0.2) is 0 Å². The molecule has 0 aromatic heterocycles. The third-order valence-corrected chi connectivity index (χ3v) is 3.16. The third-order valence-electron chi connectivity index (χ3n) is 3.16. The molecule has 1 saturated heterocycles. The van der Waals surface area contributed by atoms with E-state index in [1.165, 1.54) is 5.56 Å². The van der Waals surface area contributed by atoms with Gasteiger partial charge in [-0.05, 0) is 37.5 Å². The van der Waals surface area contributed by atoms with Crippen LogP contribution in [-0.2, 0) is 9.53 Å². The van der Waals surface area contributed by atoms with Gasteiger partial charge in [0.2, 0.25) is 5.91 Å². The van der Waals surface area contributed by atoms with Crippen LogP contribution in [0.15, 0.2) is 18.2 Å². The highest BCUT2D eigenvalue weighted by atomic mass is 16.5. The van der Waals surface area contributed by atoms with Crippen molar-refractivity contribution in [3.05, 3.63) is 29.3 Å². The van der Waals surface area contributed by atoms with Gasteiger partial charge >= 0.3 is 0 Å².